The molecular weight excluding hydrogens is 269 g/mol. The molecule has 108 valence electrons. The van der Waals surface area contributed by atoms with Gasteiger partial charge in [-0.1, -0.05) is 25.1 Å². The third-order valence-electron chi connectivity index (χ3n) is 3.42. The molecule has 1 unspecified atom stereocenters. The monoisotopic (exact) mass is 291 g/mol. The maximum absolute atomic E-state index is 13.9. The first-order valence-corrected chi connectivity index (χ1v) is 7.97. The van der Waals surface area contributed by atoms with Gasteiger partial charge < -0.3 is 5.32 Å². The van der Waals surface area contributed by atoms with E-state index in [0.717, 1.165) is 18.5 Å². The number of rotatable bonds is 6. The van der Waals surface area contributed by atoms with Crippen molar-refractivity contribution < 1.29 is 4.39 Å². The van der Waals surface area contributed by atoms with Crippen LogP contribution in [-0.4, -0.2) is 6.54 Å². The first-order chi connectivity index (χ1) is 9.61. The van der Waals surface area contributed by atoms with E-state index in [0.29, 0.717) is 6.42 Å². The van der Waals surface area contributed by atoms with E-state index in [4.69, 9.17) is 0 Å². The highest BCUT2D eigenvalue weighted by Gasteiger charge is 2.17. The Morgan fingerprint density at radius 2 is 2.00 bits per heavy atom. The predicted molar refractivity (Wildman–Crippen MR) is 84.9 cm³/mol. The van der Waals surface area contributed by atoms with Gasteiger partial charge in [0.15, 0.2) is 0 Å². The molecule has 0 aliphatic carbocycles. The van der Waals surface area contributed by atoms with Crippen molar-refractivity contribution in [3.8, 4) is 0 Å². The summed E-state index contributed by atoms with van der Waals surface area (Å²) in [4.78, 5) is 2.65. The number of thiophene rings is 1. The minimum atomic E-state index is -0.110. The van der Waals surface area contributed by atoms with Gasteiger partial charge in [-0.25, -0.2) is 4.39 Å². The number of hydrogen-bond acceptors (Lipinski definition) is 2. The van der Waals surface area contributed by atoms with Crippen LogP contribution in [0.2, 0.25) is 0 Å². The molecule has 1 aromatic carbocycles. The normalized spacial score (nSPS) is 12.6. The van der Waals surface area contributed by atoms with Gasteiger partial charge in [0.05, 0.1) is 0 Å². The minimum Gasteiger partial charge on any atom is -0.309 e. The lowest BCUT2D eigenvalue weighted by Crippen LogP contribution is -2.24. The standard InChI is InChI=1S/C17H22FNS/c1-4-9-19-16(17-12(2)10-13(3)20-17)11-14-7-5-6-8-15(14)18/h5-8,10,16,19H,4,9,11H2,1-3H3. The molecule has 3 heteroatoms. The molecule has 0 spiro atoms. The topological polar surface area (TPSA) is 12.0 Å². The molecule has 0 bridgehead atoms. The van der Waals surface area contributed by atoms with E-state index in [-0.39, 0.29) is 11.9 Å². The second-order valence-electron chi connectivity index (χ2n) is 5.21. The number of hydrogen-bond donors (Lipinski definition) is 1. The largest absolute Gasteiger partial charge is 0.309 e. The summed E-state index contributed by atoms with van der Waals surface area (Å²) in [6.45, 7) is 7.37. The van der Waals surface area contributed by atoms with Crippen LogP contribution in [-0.2, 0) is 6.42 Å². The second-order valence-corrected chi connectivity index (χ2v) is 6.49. The average molecular weight is 291 g/mol. The second kappa shape index (κ2) is 7.00. The SMILES string of the molecule is CCCNC(Cc1ccccc1F)c1sc(C)cc1C. The first kappa shape index (κ1) is 15.2. The zero-order chi connectivity index (χ0) is 14.5. The van der Waals surface area contributed by atoms with Crippen LogP contribution in [0.3, 0.4) is 0 Å². The summed E-state index contributed by atoms with van der Waals surface area (Å²) < 4.78 is 13.9. The summed E-state index contributed by atoms with van der Waals surface area (Å²) in [6.07, 6.45) is 1.78. The quantitative estimate of drug-likeness (QED) is 0.807. The molecule has 2 rings (SSSR count). The van der Waals surface area contributed by atoms with Crippen LogP contribution in [0.25, 0.3) is 0 Å². The number of nitrogens with one attached hydrogen (secondary N) is 1. The lowest BCUT2D eigenvalue weighted by molar-refractivity contribution is 0.517. The molecule has 2 aromatic rings. The number of halogens is 1. The lowest BCUT2D eigenvalue weighted by Gasteiger charge is -2.19. The molecule has 0 saturated heterocycles. The van der Waals surface area contributed by atoms with Gasteiger partial charge in [0, 0.05) is 15.8 Å². The van der Waals surface area contributed by atoms with Crippen molar-refractivity contribution in [2.24, 2.45) is 0 Å². The molecular formula is C17H22FNS. The number of benzene rings is 1. The summed E-state index contributed by atoms with van der Waals surface area (Å²) in [5, 5.41) is 3.56. The van der Waals surface area contributed by atoms with E-state index in [2.05, 4.69) is 32.2 Å². The van der Waals surface area contributed by atoms with Gasteiger partial charge in [-0.2, -0.15) is 0 Å². The smallest absolute Gasteiger partial charge is 0.126 e. The summed E-state index contributed by atoms with van der Waals surface area (Å²) in [5.41, 5.74) is 2.09. The van der Waals surface area contributed by atoms with Gasteiger partial charge in [-0.3, -0.25) is 0 Å². The predicted octanol–water partition coefficient (Wildman–Crippen LogP) is 4.79. The van der Waals surface area contributed by atoms with Gasteiger partial charge in [-0.05, 0) is 56.5 Å². The third kappa shape index (κ3) is 3.68. The van der Waals surface area contributed by atoms with Crippen molar-refractivity contribution in [3.63, 3.8) is 0 Å². The van der Waals surface area contributed by atoms with Crippen LogP contribution in [0, 0.1) is 19.7 Å². The molecule has 0 amide bonds. The third-order valence-corrected chi connectivity index (χ3v) is 4.68. The van der Waals surface area contributed by atoms with Crippen molar-refractivity contribution in [3.05, 3.63) is 57.0 Å². The fourth-order valence-corrected chi connectivity index (χ4v) is 3.58. The first-order valence-electron chi connectivity index (χ1n) is 7.15. The highest BCUT2D eigenvalue weighted by atomic mass is 32.1. The molecule has 1 aromatic heterocycles. The molecule has 1 nitrogen and oxygen atoms in total. The molecule has 0 aliphatic heterocycles. The maximum atomic E-state index is 13.9. The highest BCUT2D eigenvalue weighted by Crippen LogP contribution is 2.30. The van der Waals surface area contributed by atoms with Gasteiger partial charge in [0.2, 0.25) is 0 Å². The van der Waals surface area contributed by atoms with Crippen LogP contribution in [0.4, 0.5) is 4.39 Å². The molecule has 1 atom stereocenters. The van der Waals surface area contributed by atoms with Gasteiger partial charge in [0.25, 0.3) is 0 Å². The molecule has 0 saturated carbocycles. The van der Waals surface area contributed by atoms with Gasteiger partial charge in [-0.15, -0.1) is 11.3 Å². The van der Waals surface area contributed by atoms with Crippen molar-refractivity contribution in [1.29, 1.82) is 0 Å². The molecule has 20 heavy (non-hydrogen) atoms. The summed E-state index contributed by atoms with van der Waals surface area (Å²) in [6, 6.07) is 9.48. The Balaban J connectivity index is 2.24. The molecule has 0 aliphatic rings. The zero-order valence-electron chi connectivity index (χ0n) is 12.4. The van der Waals surface area contributed by atoms with Crippen LogP contribution in [0.15, 0.2) is 30.3 Å². The minimum absolute atomic E-state index is 0.110. The Labute approximate surface area is 124 Å². The van der Waals surface area contributed by atoms with E-state index >= 15 is 0 Å². The van der Waals surface area contributed by atoms with Crippen molar-refractivity contribution >= 4 is 11.3 Å². The van der Waals surface area contributed by atoms with E-state index in [9.17, 15) is 4.39 Å². The summed E-state index contributed by atoms with van der Waals surface area (Å²) in [5.74, 6) is -0.110. The lowest BCUT2D eigenvalue weighted by atomic mass is 10.0. The van der Waals surface area contributed by atoms with E-state index < -0.39 is 0 Å². The Morgan fingerprint density at radius 1 is 1.25 bits per heavy atom. The molecule has 1 N–H and O–H groups in total. The van der Waals surface area contributed by atoms with Gasteiger partial charge in [0.1, 0.15) is 5.82 Å². The Morgan fingerprint density at radius 3 is 2.60 bits per heavy atom. The Bertz CT molecular complexity index is 562. The van der Waals surface area contributed by atoms with Crippen molar-refractivity contribution in [1.82, 2.24) is 5.32 Å². The van der Waals surface area contributed by atoms with Crippen LogP contribution < -0.4 is 5.32 Å². The molecule has 1 heterocycles. The van der Waals surface area contributed by atoms with Crippen LogP contribution in [0.5, 0.6) is 0 Å². The fourth-order valence-electron chi connectivity index (χ4n) is 2.47. The summed E-state index contributed by atoms with van der Waals surface area (Å²) >= 11 is 1.81. The zero-order valence-corrected chi connectivity index (χ0v) is 13.2. The van der Waals surface area contributed by atoms with Crippen LogP contribution in [0.1, 0.15) is 40.3 Å². The van der Waals surface area contributed by atoms with Crippen molar-refractivity contribution in [2.75, 3.05) is 6.54 Å². The maximum Gasteiger partial charge on any atom is 0.126 e. The van der Waals surface area contributed by atoms with E-state index in [1.165, 1.54) is 15.3 Å². The number of aryl methyl sites for hydroxylation is 2. The Hall–Kier alpha value is -1.19. The van der Waals surface area contributed by atoms with E-state index in [1.807, 2.05) is 23.5 Å². The Kier molecular flexibility index (Phi) is 5.32. The molecule has 0 radical (unpaired) electrons. The van der Waals surface area contributed by atoms with E-state index in [1.54, 1.807) is 12.1 Å². The average Bonchev–Trinajstić information content (AvgIpc) is 2.75. The van der Waals surface area contributed by atoms with Gasteiger partial charge >= 0.3 is 0 Å². The highest BCUT2D eigenvalue weighted by molar-refractivity contribution is 7.12. The van der Waals surface area contributed by atoms with Crippen LogP contribution >= 0.6 is 11.3 Å². The summed E-state index contributed by atoms with van der Waals surface area (Å²) in [7, 11) is 0. The van der Waals surface area contributed by atoms with Crippen molar-refractivity contribution in [2.45, 2.75) is 39.7 Å². The molecule has 0 fully saturated rings. The fraction of sp³-hybridized carbons (Fsp3) is 0.412.